The van der Waals surface area contributed by atoms with Crippen LogP contribution in [0.1, 0.15) is 54.0 Å². The molecule has 1 aromatic carbocycles. The molecule has 0 N–H and O–H groups in total. The first kappa shape index (κ1) is 37.3. The molecule has 10 atom stereocenters. The lowest BCUT2D eigenvalue weighted by atomic mass is 9.96. The molecule has 1 aromatic rings. The van der Waals surface area contributed by atoms with E-state index in [1.54, 1.807) is 31.2 Å². The van der Waals surface area contributed by atoms with Gasteiger partial charge >= 0.3 is 35.8 Å². The van der Waals surface area contributed by atoms with Crippen LogP contribution in [-0.2, 0) is 82.7 Å². The van der Waals surface area contributed by atoms with Crippen molar-refractivity contribution >= 4 is 35.8 Å². The molecule has 3 rings (SSSR count). The minimum absolute atomic E-state index is 0.00167. The van der Waals surface area contributed by atoms with Gasteiger partial charge < -0.3 is 47.4 Å². The Hall–Kier alpha value is -4.12. The van der Waals surface area contributed by atoms with Crippen LogP contribution < -0.4 is 0 Å². The molecule has 16 heteroatoms. The van der Waals surface area contributed by atoms with Gasteiger partial charge in [-0.2, -0.15) is 0 Å². The summed E-state index contributed by atoms with van der Waals surface area (Å²) < 4.78 is 57.1. The Morgan fingerprint density at radius 2 is 1.06 bits per heavy atom. The Morgan fingerprint density at radius 1 is 0.574 bits per heavy atom. The summed E-state index contributed by atoms with van der Waals surface area (Å²) in [7, 11) is 0. The van der Waals surface area contributed by atoms with Crippen molar-refractivity contribution in [3.8, 4) is 0 Å². The molecule has 16 nitrogen and oxygen atoms in total. The number of ether oxygens (including phenoxy) is 10. The van der Waals surface area contributed by atoms with Crippen molar-refractivity contribution in [1.29, 1.82) is 0 Å². The van der Waals surface area contributed by atoms with Crippen LogP contribution in [0.2, 0.25) is 0 Å². The summed E-state index contributed by atoms with van der Waals surface area (Å²) in [5, 5.41) is 0. The maximum absolute atomic E-state index is 12.3. The monoisotopic (exact) mass is 668 g/mol. The zero-order chi connectivity index (χ0) is 34.8. The fourth-order valence-electron chi connectivity index (χ4n) is 5.14. The number of carbonyl (C=O) groups excluding carboxylic acids is 6. The summed E-state index contributed by atoms with van der Waals surface area (Å²) >= 11 is 0. The van der Waals surface area contributed by atoms with Crippen molar-refractivity contribution in [3.63, 3.8) is 0 Å². The van der Waals surface area contributed by atoms with Crippen molar-refractivity contribution in [2.75, 3.05) is 6.61 Å². The fourth-order valence-corrected chi connectivity index (χ4v) is 5.14. The van der Waals surface area contributed by atoms with Gasteiger partial charge in [-0.15, -0.1) is 0 Å². The standard InChI is InChI=1S/C31H40O16/c1-15-24(41-17(3)33)26(43-19(5)35)28(30(40-15)39-13-22-11-9-8-10-12-22)47-31-29(45-21(7)37)27(44-20(6)36)25(42-18(4)34)23(46-31)14-38-16(2)32/h8-12,15,23-31H,13-14H2,1-7H3/t15-,23-,24+,25-,26+,27-,28-,29+,30-,31+/m0/s1. The second-order valence-corrected chi connectivity index (χ2v) is 10.8. The summed E-state index contributed by atoms with van der Waals surface area (Å²) in [6.45, 7) is 7.74. The fraction of sp³-hybridized carbons (Fsp3) is 0.613. The minimum atomic E-state index is -1.68. The molecular formula is C31H40O16. The first-order valence-electron chi connectivity index (χ1n) is 14.8. The van der Waals surface area contributed by atoms with Gasteiger partial charge in [0.1, 0.15) is 12.7 Å². The van der Waals surface area contributed by atoms with Crippen LogP contribution in [0.4, 0.5) is 0 Å². The molecule has 260 valence electrons. The van der Waals surface area contributed by atoms with Crippen LogP contribution in [0.15, 0.2) is 30.3 Å². The van der Waals surface area contributed by atoms with E-state index < -0.39 is 104 Å². The van der Waals surface area contributed by atoms with Gasteiger partial charge in [0, 0.05) is 41.5 Å². The molecule has 0 aromatic heterocycles. The summed E-state index contributed by atoms with van der Waals surface area (Å²) in [5.74, 6) is -4.70. The zero-order valence-corrected chi connectivity index (χ0v) is 27.1. The van der Waals surface area contributed by atoms with E-state index in [9.17, 15) is 28.8 Å². The van der Waals surface area contributed by atoms with Crippen LogP contribution in [0.5, 0.6) is 0 Å². The van der Waals surface area contributed by atoms with E-state index in [0.29, 0.717) is 0 Å². The lowest BCUT2D eigenvalue weighted by Crippen LogP contribution is -2.66. The Balaban J connectivity index is 2.10. The number of hydrogen-bond donors (Lipinski definition) is 0. The lowest BCUT2D eigenvalue weighted by molar-refractivity contribution is -0.367. The van der Waals surface area contributed by atoms with Crippen molar-refractivity contribution in [1.82, 2.24) is 0 Å². The normalized spacial score (nSPS) is 30.3. The molecule has 0 saturated carbocycles. The van der Waals surface area contributed by atoms with Gasteiger partial charge in [-0.3, -0.25) is 28.8 Å². The molecule has 0 radical (unpaired) electrons. The molecule has 0 unspecified atom stereocenters. The highest BCUT2D eigenvalue weighted by Crippen LogP contribution is 2.35. The van der Waals surface area contributed by atoms with E-state index >= 15 is 0 Å². The van der Waals surface area contributed by atoms with Crippen molar-refractivity contribution in [2.45, 2.75) is 116 Å². The third kappa shape index (κ3) is 11.0. The zero-order valence-electron chi connectivity index (χ0n) is 27.1. The third-order valence-electron chi connectivity index (χ3n) is 6.83. The topological polar surface area (TPSA) is 195 Å². The molecule has 2 fully saturated rings. The maximum Gasteiger partial charge on any atom is 0.303 e. The molecule has 2 aliphatic rings. The number of carbonyl (C=O) groups is 6. The molecule has 2 saturated heterocycles. The molecule has 0 amide bonds. The molecule has 47 heavy (non-hydrogen) atoms. The summed E-state index contributed by atoms with van der Waals surface area (Å²) in [6, 6.07) is 9.01. The number of hydrogen-bond acceptors (Lipinski definition) is 16. The van der Waals surface area contributed by atoms with Gasteiger partial charge in [0.05, 0.1) is 12.7 Å². The summed E-state index contributed by atoms with van der Waals surface area (Å²) in [4.78, 5) is 72.8. The van der Waals surface area contributed by atoms with Gasteiger partial charge in [-0.1, -0.05) is 30.3 Å². The van der Waals surface area contributed by atoms with E-state index in [0.717, 1.165) is 47.1 Å². The highest BCUT2D eigenvalue weighted by Gasteiger charge is 2.57. The van der Waals surface area contributed by atoms with E-state index in [-0.39, 0.29) is 6.61 Å². The molecule has 0 aliphatic carbocycles. The van der Waals surface area contributed by atoms with Crippen LogP contribution >= 0.6 is 0 Å². The quantitative estimate of drug-likeness (QED) is 0.228. The van der Waals surface area contributed by atoms with Crippen LogP contribution in [-0.4, -0.2) is 104 Å². The van der Waals surface area contributed by atoms with Crippen molar-refractivity contribution < 1.29 is 76.1 Å². The highest BCUT2D eigenvalue weighted by molar-refractivity contribution is 5.69. The van der Waals surface area contributed by atoms with Crippen molar-refractivity contribution in [2.24, 2.45) is 0 Å². The summed E-state index contributed by atoms with van der Waals surface area (Å²) in [6.07, 6.45) is -13.8. The second-order valence-electron chi connectivity index (χ2n) is 10.8. The average molecular weight is 669 g/mol. The number of esters is 6. The Labute approximate surface area is 271 Å². The average Bonchev–Trinajstić information content (AvgIpc) is 2.96. The van der Waals surface area contributed by atoms with Crippen LogP contribution in [0.25, 0.3) is 0 Å². The van der Waals surface area contributed by atoms with E-state index in [1.807, 2.05) is 6.07 Å². The van der Waals surface area contributed by atoms with Crippen molar-refractivity contribution in [3.05, 3.63) is 35.9 Å². The van der Waals surface area contributed by atoms with E-state index in [2.05, 4.69) is 0 Å². The smallest absolute Gasteiger partial charge is 0.303 e. The van der Waals surface area contributed by atoms with E-state index in [1.165, 1.54) is 0 Å². The minimum Gasteiger partial charge on any atom is -0.463 e. The molecule has 0 bridgehead atoms. The number of benzene rings is 1. The van der Waals surface area contributed by atoms with Gasteiger partial charge in [0.25, 0.3) is 0 Å². The third-order valence-corrected chi connectivity index (χ3v) is 6.83. The Kier molecular flexibility index (Phi) is 13.6. The van der Waals surface area contributed by atoms with E-state index in [4.69, 9.17) is 47.4 Å². The maximum atomic E-state index is 12.3. The Morgan fingerprint density at radius 3 is 1.60 bits per heavy atom. The number of rotatable bonds is 12. The molecular weight excluding hydrogens is 628 g/mol. The predicted octanol–water partition coefficient (Wildman–Crippen LogP) is 1.28. The predicted molar refractivity (Wildman–Crippen MR) is 154 cm³/mol. The van der Waals surface area contributed by atoms with Crippen LogP contribution in [0, 0.1) is 0 Å². The summed E-state index contributed by atoms with van der Waals surface area (Å²) in [5.41, 5.74) is 0.751. The molecule has 2 aliphatic heterocycles. The molecule has 0 spiro atoms. The first-order chi connectivity index (χ1) is 22.2. The Bertz CT molecular complexity index is 1270. The highest BCUT2D eigenvalue weighted by atomic mass is 16.8. The SMILES string of the molecule is CC(=O)OC[C@@H]1O[C@H](O[C@@H]2[C@@H](OCc3ccccc3)O[C@@H](C)[C@@H](OC(C)=O)[C@H]2OC(C)=O)[C@H](OC(C)=O)[C@@H](OC(C)=O)[C@H]1OC(C)=O. The largest absolute Gasteiger partial charge is 0.463 e. The van der Waals surface area contributed by atoms with Gasteiger partial charge in [-0.05, 0) is 12.5 Å². The van der Waals surface area contributed by atoms with Gasteiger partial charge in [0.15, 0.2) is 49.2 Å². The van der Waals surface area contributed by atoms with Crippen LogP contribution in [0.3, 0.4) is 0 Å². The lowest BCUT2D eigenvalue weighted by Gasteiger charge is -2.48. The van der Waals surface area contributed by atoms with Gasteiger partial charge in [-0.25, -0.2) is 0 Å². The second kappa shape index (κ2) is 17.2. The first-order valence-corrected chi connectivity index (χ1v) is 14.8. The van der Waals surface area contributed by atoms with Gasteiger partial charge in [0.2, 0.25) is 0 Å². The molecule has 2 heterocycles.